The summed E-state index contributed by atoms with van der Waals surface area (Å²) in [6.07, 6.45) is 11.1. The van der Waals surface area contributed by atoms with E-state index in [2.05, 4.69) is 40.6 Å². The highest BCUT2D eigenvalue weighted by atomic mass is 15.1. The van der Waals surface area contributed by atoms with Gasteiger partial charge >= 0.3 is 0 Å². The average molecular weight is 275 g/mol. The first-order valence-electron chi connectivity index (χ1n) is 7.18. The molecule has 0 aromatic carbocycles. The molecule has 0 spiro atoms. The Morgan fingerprint density at radius 2 is 2.24 bits per heavy atom. The zero-order valence-electron chi connectivity index (χ0n) is 12.2. The normalized spacial score (nSPS) is 26.7. The van der Waals surface area contributed by atoms with Crippen molar-refractivity contribution in [2.24, 2.45) is 5.92 Å². The van der Waals surface area contributed by atoms with E-state index in [0.717, 1.165) is 29.2 Å². The fraction of sp³-hybridized carbons (Fsp3) is 0.294. The third kappa shape index (κ3) is 2.25. The van der Waals surface area contributed by atoms with Crippen molar-refractivity contribution in [1.82, 2.24) is 9.97 Å². The van der Waals surface area contributed by atoms with Crippen LogP contribution in [0.25, 0.3) is 0 Å². The molecule has 2 aliphatic rings. The van der Waals surface area contributed by atoms with Crippen LogP contribution in [0.3, 0.4) is 0 Å². The number of nitrogens with one attached hydrogen (secondary N) is 1. The first-order chi connectivity index (χ1) is 10.2. The number of rotatable bonds is 3. The van der Waals surface area contributed by atoms with Crippen molar-refractivity contribution in [2.45, 2.75) is 25.3 Å². The lowest BCUT2D eigenvalue weighted by atomic mass is 9.79. The highest BCUT2D eigenvalue weighted by molar-refractivity contribution is 6.31. The molecule has 21 heavy (non-hydrogen) atoms. The molecule has 1 aliphatic carbocycles. The maximum absolute atomic E-state index is 5.93. The Kier molecular flexibility index (Phi) is 3.54. The molecule has 0 bridgehead atoms. The van der Waals surface area contributed by atoms with Gasteiger partial charge in [0.15, 0.2) is 0 Å². The predicted octanol–water partition coefficient (Wildman–Crippen LogP) is 2.33. The van der Waals surface area contributed by atoms with E-state index >= 15 is 0 Å². The number of hydrogen-bond donors (Lipinski definition) is 1. The first-order valence-corrected chi connectivity index (χ1v) is 7.18. The molecule has 4 heteroatoms. The van der Waals surface area contributed by atoms with Gasteiger partial charge in [0.2, 0.25) is 0 Å². The van der Waals surface area contributed by atoms with Crippen molar-refractivity contribution in [2.75, 3.05) is 5.32 Å². The second kappa shape index (κ2) is 5.36. The lowest BCUT2D eigenvalue weighted by molar-refractivity contribution is 0.445. The summed E-state index contributed by atoms with van der Waals surface area (Å²) in [5.74, 6) is 1.50. The minimum absolute atomic E-state index is 0.172. The number of fused-ring (bicyclic) bond motifs is 3. The Bertz CT molecular complexity index is 660. The second-order valence-electron chi connectivity index (χ2n) is 5.51. The lowest BCUT2D eigenvalue weighted by Crippen LogP contribution is -2.39. The van der Waals surface area contributed by atoms with Crippen molar-refractivity contribution < 1.29 is 0 Å². The summed E-state index contributed by atoms with van der Waals surface area (Å²) in [7, 11) is 5.93. The van der Waals surface area contributed by atoms with Crippen LogP contribution in [0.4, 0.5) is 5.82 Å². The van der Waals surface area contributed by atoms with Gasteiger partial charge in [-0.15, -0.1) is 0 Å². The van der Waals surface area contributed by atoms with Gasteiger partial charge in [0.25, 0.3) is 0 Å². The van der Waals surface area contributed by atoms with Crippen molar-refractivity contribution in [1.29, 1.82) is 0 Å². The summed E-state index contributed by atoms with van der Waals surface area (Å²) in [5, 5.41) is 3.52. The fourth-order valence-electron chi connectivity index (χ4n) is 3.21. The zero-order valence-corrected chi connectivity index (χ0v) is 12.2. The van der Waals surface area contributed by atoms with Crippen LogP contribution in [-0.4, -0.2) is 23.9 Å². The maximum atomic E-state index is 5.93. The number of nitrogens with zero attached hydrogens (tertiary/aromatic N) is 2. The molecule has 1 aliphatic heterocycles. The van der Waals surface area contributed by atoms with Crippen molar-refractivity contribution in [3.63, 3.8) is 0 Å². The Morgan fingerprint density at radius 1 is 1.43 bits per heavy atom. The van der Waals surface area contributed by atoms with Gasteiger partial charge in [-0.2, -0.15) is 0 Å². The molecule has 1 aromatic rings. The summed E-state index contributed by atoms with van der Waals surface area (Å²) < 4.78 is 0. The van der Waals surface area contributed by atoms with E-state index in [1.165, 1.54) is 0 Å². The lowest BCUT2D eigenvalue weighted by Gasteiger charge is -2.36. The van der Waals surface area contributed by atoms with E-state index in [9.17, 15) is 0 Å². The Hall–Kier alpha value is -2.10. The standard InChI is InChI=1S/C17H18BN3/c1-4-7-11(5-2)14-12-8-6-9-13(12)15-17(21-14)19-10(3)16(18)20-15/h4-7,9,12-14H,1-2,8H2,3H3,(H,19,21)/b11-7+. The summed E-state index contributed by atoms with van der Waals surface area (Å²) in [4.78, 5) is 9.14. The molecule has 2 radical (unpaired) electrons. The van der Waals surface area contributed by atoms with E-state index in [-0.39, 0.29) is 12.0 Å². The van der Waals surface area contributed by atoms with Gasteiger partial charge in [0.05, 0.1) is 17.4 Å². The van der Waals surface area contributed by atoms with Crippen LogP contribution in [0.15, 0.2) is 49.1 Å². The molecule has 1 N–H and O–H groups in total. The topological polar surface area (TPSA) is 37.8 Å². The van der Waals surface area contributed by atoms with Gasteiger partial charge in [0, 0.05) is 11.5 Å². The quantitative estimate of drug-likeness (QED) is 0.522. The SMILES string of the molecule is [B]c1nc2c(nc1C)NC(/C(C=C)=C/C=C)C1CC=CC21. The van der Waals surface area contributed by atoms with Gasteiger partial charge in [-0.05, 0) is 24.8 Å². The largest absolute Gasteiger partial charge is 0.361 e. The van der Waals surface area contributed by atoms with E-state index < -0.39 is 0 Å². The van der Waals surface area contributed by atoms with Crippen LogP contribution in [0.1, 0.15) is 23.7 Å². The molecular formula is C17H18BN3. The fourth-order valence-corrected chi connectivity index (χ4v) is 3.21. The predicted molar refractivity (Wildman–Crippen MR) is 88.0 cm³/mol. The van der Waals surface area contributed by atoms with E-state index in [1.54, 1.807) is 6.08 Å². The molecule has 3 atom stereocenters. The third-order valence-corrected chi connectivity index (χ3v) is 4.29. The molecular weight excluding hydrogens is 257 g/mol. The molecule has 0 amide bonds. The van der Waals surface area contributed by atoms with Crippen molar-refractivity contribution in [3.8, 4) is 0 Å². The molecule has 104 valence electrons. The first kappa shape index (κ1) is 13.9. The smallest absolute Gasteiger partial charge is 0.149 e. The van der Waals surface area contributed by atoms with Crippen LogP contribution in [-0.2, 0) is 0 Å². The highest BCUT2D eigenvalue weighted by Crippen LogP contribution is 2.44. The van der Waals surface area contributed by atoms with Crippen molar-refractivity contribution in [3.05, 3.63) is 60.5 Å². The minimum Gasteiger partial charge on any atom is -0.361 e. The van der Waals surface area contributed by atoms with E-state index in [4.69, 9.17) is 7.85 Å². The number of allylic oxidation sites excluding steroid dienone is 4. The summed E-state index contributed by atoms with van der Waals surface area (Å²) >= 11 is 0. The molecule has 0 saturated carbocycles. The second-order valence-corrected chi connectivity index (χ2v) is 5.51. The molecule has 1 aromatic heterocycles. The van der Waals surface area contributed by atoms with Crippen LogP contribution >= 0.6 is 0 Å². The van der Waals surface area contributed by atoms with Gasteiger partial charge in [-0.1, -0.05) is 43.5 Å². The zero-order chi connectivity index (χ0) is 15.0. The summed E-state index contributed by atoms with van der Waals surface area (Å²) in [6, 6.07) is 0.172. The number of aromatic nitrogens is 2. The van der Waals surface area contributed by atoms with E-state index in [0.29, 0.717) is 11.5 Å². The number of hydrogen-bond acceptors (Lipinski definition) is 3. The average Bonchev–Trinajstić information content (AvgIpc) is 2.95. The summed E-state index contributed by atoms with van der Waals surface area (Å²) in [6.45, 7) is 9.59. The van der Waals surface area contributed by atoms with E-state index in [1.807, 2.05) is 19.1 Å². The molecule has 2 heterocycles. The van der Waals surface area contributed by atoms with Crippen molar-refractivity contribution >= 4 is 19.3 Å². The third-order valence-electron chi connectivity index (χ3n) is 4.29. The maximum Gasteiger partial charge on any atom is 0.149 e. The number of anilines is 1. The van der Waals surface area contributed by atoms with Crippen LogP contribution < -0.4 is 10.9 Å². The molecule has 3 unspecified atom stereocenters. The van der Waals surface area contributed by atoms with Gasteiger partial charge < -0.3 is 5.32 Å². The molecule has 0 fully saturated rings. The minimum atomic E-state index is 0.172. The Morgan fingerprint density at radius 3 is 2.95 bits per heavy atom. The van der Waals surface area contributed by atoms with Gasteiger partial charge in [-0.25, -0.2) is 4.98 Å². The van der Waals surface area contributed by atoms with Crippen LogP contribution in [0.5, 0.6) is 0 Å². The Labute approximate surface area is 127 Å². The molecule has 0 saturated heterocycles. The van der Waals surface area contributed by atoms with Gasteiger partial charge in [-0.3, -0.25) is 4.98 Å². The van der Waals surface area contributed by atoms with Gasteiger partial charge in [0.1, 0.15) is 13.7 Å². The number of aryl methyl sites for hydroxylation is 1. The molecule has 3 rings (SSSR count). The molecule has 3 nitrogen and oxygen atoms in total. The van der Waals surface area contributed by atoms with Crippen LogP contribution in [0.2, 0.25) is 0 Å². The Balaban J connectivity index is 2.09. The highest BCUT2D eigenvalue weighted by Gasteiger charge is 2.39. The van der Waals surface area contributed by atoms with Crippen LogP contribution in [0, 0.1) is 12.8 Å². The monoisotopic (exact) mass is 275 g/mol. The summed E-state index contributed by atoms with van der Waals surface area (Å²) in [5.41, 5.74) is 3.35.